The van der Waals surface area contributed by atoms with Gasteiger partial charge in [-0.3, -0.25) is 0 Å². The van der Waals surface area contributed by atoms with Crippen LogP contribution in [0.3, 0.4) is 0 Å². The number of nitrogens with zero attached hydrogens (tertiary/aromatic N) is 2. The quantitative estimate of drug-likeness (QED) is 0.494. The average Bonchev–Trinajstić information content (AvgIpc) is 2.84. The van der Waals surface area contributed by atoms with Crippen LogP contribution in [0, 0.1) is 5.41 Å². The molecule has 0 spiro atoms. The third kappa shape index (κ3) is 4.75. The van der Waals surface area contributed by atoms with Crippen molar-refractivity contribution in [1.82, 2.24) is 8.61 Å². The van der Waals surface area contributed by atoms with Crippen molar-refractivity contribution in [1.29, 1.82) is 0 Å². The Balaban J connectivity index is 1.95. The summed E-state index contributed by atoms with van der Waals surface area (Å²) >= 11 is 0.912. The smallest absolute Gasteiger partial charge is 0.426 e. The van der Waals surface area contributed by atoms with Crippen LogP contribution in [-0.4, -0.2) is 41.5 Å². The van der Waals surface area contributed by atoms with Gasteiger partial charge in [0, 0.05) is 19.5 Å². The summed E-state index contributed by atoms with van der Waals surface area (Å²) in [5.74, 6) is 1.09. The summed E-state index contributed by atoms with van der Waals surface area (Å²) in [6, 6.07) is 0. The molecule has 0 N–H and O–H groups in total. The number of allylic oxidation sites excluding steroid dienone is 4. The highest BCUT2D eigenvalue weighted by molar-refractivity contribution is 7.95. The molecule has 2 amide bonds. The monoisotopic (exact) mass is 382 g/mol. The molecule has 7 nitrogen and oxygen atoms in total. The van der Waals surface area contributed by atoms with Gasteiger partial charge in [0.15, 0.2) is 11.5 Å². The first-order chi connectivity index (χ1) is 12.3. The largest absolute Gasteiger partial charge is 0.461 e. The topological polar surface area (TPSA) is 68.3 Å². The second-order valence-corrected chi connectivity index (χ2v) is 8.03. The molecule has 1 heterocycles. The second-order valence-electron chi connectivity index (χ2n) is 6.77. The summed E-state index contributed by atoms with van der Waals surface area (Å²) in [6.45, 7) is 6.37. The van der Waals surface area contributed by atoms with Crippen LogP contribution in [-0.2, 0) is 14.2 Å². The minimum absolute atomic E-state index is 0.348. The first-order valence-electron chi connectivity index (χ1n) is 8.58. The van der Waals surface area contributed by atoms with Gasteiger partial charge in [-0.15, -0.1) is 0 Å². The number of amides is 2. The van der Waals surface area contributed by atoms with E-state index >= 15 is 0 Å². The van der Waals surface area contributed by atoms with E-state index in [4.69, 9.17) is 14.2 Å². The Morgan fingerprint density at radius 1 is 1.27 bits per heavy atom. The summed E-state index contributed by atoms with van der Waals surface area (Å²) in [6.07, 6.45) is 6.73. The first kappa shape index (κ1) is 20.2. The molecule has 8 heteroatoms. The molecule has 1 aliphatic carbocycles. The summed E-state index contributed by atoms with van der Waals surface area (Å²) in [5, 5.41) is 0. The van der Waals surface area contributed by atoms with Crippen molar-refractivity contribution in [3.8, 4) is 0 Å². The molecule has 0 atom stereocenters. The summed E-state index contributed by atoms with van der Waals surface area (Å²) in [4.78, 5) is 24.3. The van der Waals surface area contributed by atoms with Crippen molar-refractivity contribution in [2.45, 2.75) is 40.0 Å². The zero-order chi connectivity index (χ0) is 19.3. The third-order valence-electron chi connectivity index (χ3n) is 3.98. The van der Waals surface area contributed by atoms with Crippen molar-refractivity contribution in [3.63, 3.8) is 0 Å². The minimum Gasteiger partial charge on any atom is -0.461 e. The van der Waals surface area contributed by atoms with Crippen molar-refractivity contribution < 1.29 is 23.8 Å². The second kappa shape index (κ2) is 8.53. The lowest BCUT2D eigenvalue weighted by Gasteiger charge is -2.25. The molecule has 0 saturated heterocycles. The zero-order valence-electron chi connectivity index (χ0n) is 15.9. The van der Waals surface area contributed by atoms with Gasteiger partial charge in [0.25, 0.3) is 0 Å². The fourth-order valence-corrected chi connectivity index (χ4v) is 3.19. The standard InChI is InChI=1S/C18H26N2O5S/c1-6-7-10-24-16(21)19(4)26-20(5)17(22)25-15-14-13(9-8-11-23-14)12-18(15,2)3/h8-9,11H,6-7,10,12H2,1-5H3. The molecular weight excluding hydrogens is 356 g/mol. The van der Waals surface area contributed by atoms with E-state index in [9.17, 15) is 9.59 Å². The van der Waals surface area contributed by atoms with Crippen molar-refractivity contribution in [3.05, 3.63) is 35.5 Å². The minimum atomic E-state index is -0.585. The molecule has 26 heavy (non-hydrogen) atoms. The molecule has 0 radical (unpaired) electrons. The Labute approximate surface area is 158 Å². The van der Waals surface area contributed by atoms with Gasteiger partial charge in [-0.05, 0) is 24.5 Å². The van der Waals surface area contributed by atoms with Crippen LogP contribution >= 0.6 is 12.1 Å². The first-order valence-corrected chi connectivity index (χ1v) is 9.31. The van der Waals surface area contributed by atoms with Gasteiger partial charge < -0.3 is 14.2 Å². The number of hydrogen-bond acceptors (Lipinski definition) is 6. The molecular formula is C18H26N2O5S. The van der Waals surface area contributed by atoms with E-state index in [1.807, 2.05) is 32.9 Å². The Morgan fingerprint density at radius 3 is 2.65 bits per heavy atom. The highest BCUT2D eigenvalue weighted by Gasteiger charge is 2.41. The summed E-state index contributed by atoms with van der Waals surface area (Å²) < 4.78 is 18.7. The summed E-state index contributed by atoms with van der Waals surface area (Å²) in [7, 11) is 3.08. The third-order valence-corrected chi connectivity index (χ3v) is 4.77. The molecule has 2 rings (SSSR count). The molecule has 0 bridgehead atoms. The highest BCUT2D eigenvalue weighted by atomic mass is 32.2. The maximum Gasteiger partial charge on any atom is 0.426 e. The Kier molecular flexibility index (Phi) is 6.63. The van der Waals surface area contributed by atoms with Gasteiger partial charge in [-0.1, -0.05) is 33.3 Å². The van der Waals surface area contributed by atoms with Gasteiger partial charge >= 0.3 is 12.2 Å². The van der Waals surface area contributed by atoms with Crippen molar-refractivity contribution >= 4 is 24.3 Å². The molecule has 0 fully saturated rings. The number of unbranched alkanes of at least 4 members (excludes halogenated alkanes) is 1. The van der Waals surface area contributed by atoms with Crippen molar-refractivity contribution in [2.75, 3.05) is 20.7 Å². The zero-order valence-corrected chi connectivity index (χ0v) is 16.7. The summed E-state index contributed by atoms with van der Waals surface area (Å²) in [5.41, 5.74) is 0.659. The van der Waals surface area contributed by atoms with Gasteiger partial charge in [0.1, 0.15) is 0 Å². The molecule has 1 aliphatic heterocycles. The average molecular weight is 382 g/mol. The van der Waals surface area contributed by atoms with E-state index in [2.05, 4.69) is 0 Å². The lowest BCUT2D eigenvalue weighted by atomic mass is 9.90. The van der Waals surface area contributed by atoms with Gasteiger partial charge in [-0.25, -0.2) is 18.2 Å². The molecule has 0 unspecified atom stereocenters. The molecule has 0 saturated carbocycles. The van der Waals surface area contributed by atoms with E-state index in [1.165, 1.54) is 15.7 Å². The predicted octanol–water partition coefficient (Wildman–Crippen LogP) is 4.60. The number of carbonyl (C=O) groups excluding carboxylic acids is 2. The Morgan fingerprint density at radius 2 is 1.96 bits per heavy atom. The van der Waals surface area contributed by atoms with Crippen LogP contribution in [0.4, 0.5) is 9.59 Å². The normalized spacial score (nSPS) is 17.2. The number of ether oxygens (including phenoxy) is 3. The maximum atomic E-state index is 12.5. The fourth-order valence-electron chi connectivity index (χ4n) is 2.60. The molecule has 2 aliphatic rings. The van der Waals surface area contributed by atoms with E-state index in [1.54, 1.807) is 13.3 Å². The van der Waals surface area contributed by atoms with Crippen LogP contribution in [0.5, 0.6) is 0 Å². The molecule has 144 valence electrons. The van der Waals surface area contributed by atoms with Crippen LogP contribution in [0.25, 0.3) is 0 Å². The van der Waals surface area contributed by atoms with Crippen LogP contribution < -0.4 is 0 Å². The van der Waals surface area contributed by atoms with Gasteiger partial charge in [-0.2, -0.15) is 0 Å². The number of rotatable bonds is 6. The van der Waals surface area contributed by atoms with Crippen molar-refractivity contribution in [2.24, 2.45) is 5.41 Å². The highest BCUT2D eigenvalue weighted by Crippen LogP contribution is 2.47. The van der Waals surface area contributed by atoms with Crippen LogP contribution in [0.2, 0.25) is 0 Å². The Hall–Kier alpha value is -2.09. The lowest BCUT2D eigenvalue weighted by molar-refractivity contribution is 0.127. The maximum absolute atomic E-state index is 12.5. The Bertz CT molecular complexity index is 654. The van der Waals surface area contributed by atoms with E-state index < -0.39 is 12.2 Å². The fraction of sp³-hybridized carbons (Fsp3) is 0.556. The van der Waals surface area contributed by atoms with Gasteiger partial charge in [0.05, 0.1) is 25.0 Å². The number of carbonyl (C=O) groups is 2. The number of fused-ring (bicyclic) bond motifs is 1. The van der Waals surface area contributed by atoms with Crippen LogP contribution in [0.15, 0.2) is 35.5 Å². The van der Waals surface area contributed by atoms with Crippen LogP contribution in [0.1, 0.15) is 40.0 Å². The van der Waals surface area contributed by atoms with E-state index in [0.29, 0.717) is 18.1 Å². The molecule has 0 aromatic heterocycles. The van der Waals surface area contributed by atoms with E-state index in [-0.39, 0.29) is 5.41 Å². The van der Waals surface area contributed by atoms with E-state index in [0.717, 1.165) is 37.0 Å². The molecule has 0 aromatic rings. The SMILES string of the molecule is CCCCOC(=O)N(C)SN(C)C(=O)OC1=C2OC=CC=C2CC1(C)C. The predicted molar refractivity (Wildman–Crippen MR) is 99.6 cm³/mol. The molecule has 0 aromatic carbocycles. The van der Waals surface area contributed by atoms with Gasteiger partial charge in [0.2, 0.25) is 0 Å². The number of hydrogen-bond donors (Lipinski definition) is 0. The lowest BCUT2D eigenvalue weighted by Crippen LogP contribution is -2.31.